The summed E-state index contributed by atoms with van der Waals surface area (Å²) in [5.74, 6) is -0.416. The molecular weight excluding hydrogens is 711 g/mol. The maximum Gasteiger partial charge on any atom is 0.472 e. The maximum absolute atomic E-state index is 12.8. The Balaban J connectivity index is 4.23. The highest BCUT2D eigenvalue weighted by Crippen LogP contribution is 2.43. The molecule has 0 heterocycles. The number of unbranched alkanes of at least 4 members (excludes halogenated alkanes) is 26. The number of nitrogens with one attached hydrogen (secondary N) is 1. The van der Waals surface area contributed by atoms with E-state index in [-0.39, 0.29) is 26.2 Å². The van der Waals surface area contributed by atoms with Gasteiger partial charge in [-0.2, -0.15) is 0 Å². The molecule has 326 valence electrons. The summed E-state index contributed by atoms with van der Waals surface area (Å²) in [6, 6.07) is -0.897. The first-order chi connectivity index (χ1) is 26.8. The lowest BCUT2D eigenvalue weighted by Crippen LogP contribution is -2.47. The molecule has 0 rings (SSSR count). The molecule has 4 unspecified atom stereocenters. The Labute approximate surface area is 339 Å². The zero-order valence-corrected chi connectivity index (χ0v) is 36.7. The Morgan fingerprint density at radius 1 is 0.618 bits per heavy atom. The number of allylic oxidation sites excluding steroid dienone is 4. The number of aliphatic hydroxyl groups excluding tert-OH is 2. The molecular formula is C45H89N2O7P. The second kappa shape index (κ2) is 41.1. The van der Waals surface area contributed by atoms with Gasteiger partial charge in [0.15, 0.2) is 0 Å². The molecule has 0 aliphatic heterocycles. The molecule has 0 aliphatic rings. The molecule has 0 saturated heterocycles. The lowest BCUT2D eigenvalue weighted by atomic mass is 10.0. The number of rotatable bonds is 43. The lowest BCUT2D eigenvalue weighted by molar-refractivity contribution is -0.125. The molecule has 4 atom stereocenters. The largest absolute Gasteiger partial charge is 0.472 e. The Hall–Kier alpha value is -1.06. The third kappa shape index (κ3) is 39.5. The van der Waals surface area contributed by atoms with E-state index >= 15 is 0 Å². The molecule has 9 nitrogen and oxygen atoms in total. The molecule has 0 aromatic heterocycles. The number of carbonyl (C=O) groups excluding carboxylic acids is 1. The predicted octanol–water partition coefficient (Wildman–Crippen LogP) is 11.9. The predicted molar refractivity (Wildman–Crippen MR) is 232 cm³/mol. The summed E-state index contributed by atoms with van der Waals surface area (Å²) in [4.78, 5) is 22.8. The molecule has 0 fully saturated rings. The van der Waals surface area contributed by atoms with Crippen LogP contribution in [0.4, 0.5) is 0 Å². The van der Waals surface area contributed by atoms with Crippen molar-refractivity contribution >= 4 is 13.7 Å². The Kier molecular flexibility index (Phi) is 40.3. The van der Waals surface area contributed by atoms with Crippen LogP contribution >= 0.6 is 7.82 Å². The highest BCUT2D eigenvalue weighted by atomic mass is 31.2. The smallest absolute Gasteiger partial charge is 0.393 e. The van der Waals surface area contributed by atoms with E-state index in [0.29, 0.717) is 12.8 Å². The summed E-state index contributed by atoms with van der Waals surface area (Å²) in [5.41, 5.74) is 5.37. The zero-order chi connectivity index (χ0) is 40.5. The molecule has 0 aromatic rings. The van der Waals surface area contributed by atoms with Crippen LogP contribution in [0, 0.1) is 0 Å². The molecule has 6 N–H and O–H groups in total. The van der Waals surface area contributed by atoms with Gasteiger partial charge in [0.1, 0.15) is 0 Å². The van der Waals surface area contributed by atoms with Crippen molar-refractivity contribution in [2.24, 2.45) is 5.73 Å². The van der Waals surface area contributed by atoms with Gasteiger partial charge in [0, 0.05) is 6.54 Å². The van der Waals surface area contributed by atoms with E-state index in [0.717, 1.165) is 44.9 Å². The van der Waals surface area contributed by atoms with Crippen molar-refractivity contribution in [1.29, 1.82) is 0 Å². The van der Waals surface area contributed by atoms with E-state index in [2.05, 4.69) is 43.5 Å². The van der Waals surface area contributed by atoms with E-state index in [4.69, 9.17) is 14.8 Å². The van der Waals surface area contributed by atoms with Crippen LogP contribution in [0.3, 0.4) is 0 Å². The van der Waals surface area contributed by atoms with Gasteiger partial charge >= 0.3 is 7.82 Å². The molecule has 0 aliphatic carbocycles. The van der Waals surface area contributed by atoms with Gasteiger partial charge in [-0.05, 0) is 38.5 Å². The van der Waals surface area contributed by atoms with Crippen LogP contribution in [0.5, 0.6) is 0 Å². The number of hydrogen-bond donors (Lipinski definition) is 5. The van der Waals surface area contributed by atoms with Crippen LogP contribution in [0.15, 0.2) is 24.3 Å². The van der Waals surface area contributed by atoms with E-state index in [1.165, 1.54) is 141 Å². The van der Waals surface area contributed by atoms with Crippen molar-refractivity contribution < 1.29 is 33.5 Å². The van der Waals surface area contributed by atoms with Crippen molar-refractivity contribution in [2.45, 2.75) is 238 Å². The van der Waals surface area contributed by atoms with E-state index in [1.807, 2.05) is 0 Å². The third-order valence-electron chi connectivity index (χ3n) is 10.4. The zero-order valence-electron chi connectivity index (χ0n) is 35.8. The normalized spacial score (nSPS) is 14.8. The first kappa shape index (κ1) is 53.9. The second-order valence-electron chi connectivity index (χ2n) is 15.8. The number of amides is 1. The molecule has 1 amide bonds. The number of carbonyl (C=O) groups is 1. The summed E-state index contributed by atoms with van der Waals surface area (Å²) in [7, 11) is -4.38. The van der Waals surface area contributed by atoms with Gasteiger partial charge in [-0.15, -0.1) is 0 Å². The minimum atomic E-state index is -4.38. The van der Waals surface area contributed by atoms with Crippen molar-refractivity contribution in [1.82, 2.24) is 5.32 Å². The standard InChI is InChI=1S/C45H89N2O7P/c1-3-5-7-9-11-13-15-17-19-21-22-24-26-28-30-32-34-36-42(48)40-45(50)47-43(41-54-55(51,52)53-39-38-46)44(49)37-35-33-31-29-27-25-23-20-18-16-14-12-10-8-6-4-2/h11,13,15,17,42-44,48-49H,3-10,12,14,16,18-41,46H2,1-2H3,(H,47,50)(H,51,52)/b13-11-,17-15-. The molecule has 0 radical (unpaired) electrons. The fourth-order valence-corrected chi connectivity index (χ4v) is 7.64. The highest BCUT2D eigenvalue weighted by Gasteiger charge is 2.28. The van der Waals surface area contributed by atoms with Gasteiger partial charge in [-0.1, -0.05) is 199 Å². The first-order valence-corrected chi connectivity index (χ1v) is 24.5. The van der Waals surface area contributed by atoms with Crippen molar-refractivity contribution in [3.8, 4) is 0 Å². The molecule has 0 saturated carbocycles. The van der Waals surface area contributed by atoms with Crippen molar-refractivity contribution in [2.75, 3.05) is 19.8 Å². The van der Waals surface area contributed by atoms with Gasteiger partial charge in [-0.25, -0.2) is 4.57 Å². The van der Waals surface area contributed by atoms with E-state index < -0.39 is 32.0 Å². The van der Waals surface area contributed by atoms with E-state index in [1.54, 1.807) is 0 Å². The minimum Gasteiger partial charge on any atom is -0.393 e. The average Bonchev–Trinajstić information content (AvgIpc) is 3.16. The quantitative estimate of drug-likeness (QED) is 0.0232. The van der Waals surface area contributed by atoms with Crippen LogP contribution < -0.4 is 11.1 Å². The van der Waals surface area contributed by atoms with Crippen LogP contribution in [0.25, 0.3) is 0 Å². The van der Waals surface area contributed by atoms with Crippen LogP contribution in [-0.4, -0.2) is 59.0 Å². The number of hydrogen-bond acceptors (Lipinski definition) is 7. The highest BCUT2D eigenvalue weighted by molar-refractivity contribution is 7.47. The summed E-state index contributed by atoms with van der Waals surface area (Å²) >= 11 is 0. The van der Waals surface area contributed by atoms with Gasteiger partial charge < -0.3 is 26.2 Å². The van der Waals surface area contributed by atoms with Crippen LogP contribution in [-0.2, 0) is 18.4 Å². The minimum absolute atomic E-state index is 0.0591. The lowest BCUT2D eigenvalue weighted by Gasteiger charge is -2.25. The SMILES string of the molecule is CCCCC/C=C\C=C/CCCCCCCCCCC(O)CC(=O)NC(COP(=O)(O)OCCN)C(O)CCCCCCCCCCCCCCCCCC. The number of phosphoric acid groups is 1. The average molecular weight is 801 g/mol. The number of phosphoric ester groups is 1. The molecule has 0 aromatic carbocycles. The van der Waals surface area contributed by atoms with Gasteiger partial charge in [0.2, 0.25) is 5.91 Å². The van der Waals surface area contributed by atoms with Crippen LogP contribution in [0.2, 0.25) is 0 Å². The van der Waals surface area contributed by atoms with Gasteiger partial charge in [-0.3, -0.25) is 13.8 Å². The maximum atomic E-state index is 12.8. The van der Waals surface area contributed by atoms with Crippen LogP contribution in [0.1, 0.15) is 219 Å². The van der Waals surface area contributed by atoms with E-state index in [9.17, 15) is 24.5 Å². The number of aliphatic hydroxyl groups is 2. The van der Waals surface area contributed by atoms with Gasteiger partial charge in [0.05, 0.1) is 37.9 Å². The molecule has 10 heteroatoms. The van der Waals surface area contributed by atoms with Crippen molar-refractivity contribution in [3.63, 3.8) is 0 Å². The number of nitrogens with two attached hydrogens (primary N) is 1. The summed E-state index contributed by atoms with van der Waals surface area (Å²) < 4.78 is 22.2. The Bertz CT molecular complexity index is 935. The van der Waals surface area contributed by atoms with Gasteiger partial charge in [0.25, 0.3) is 0 Å². The summed E-state index contributed by atoms with van der Waals surface area (Å²) in [6.45, 7) is 4.03. The molecule has 55 heavy (non-hydrogen) atoms. The monoisotopic (exact) mass is 801 g/mol. The Morgan fingerprint density at radius 3 is 1.49 bits per heavy atom. The summed E-state index contributed by atoms with van der Waals surface area (Å²) in [6.07, 6.45) is 43.5. The fraction of sp³-hybridized carbons (Fsp3) is 0.889. The molecule has 0 spiro atoms. The molecule has 0 bridgehead atoms. The topological polar surface area (TPSA) is 151 Å². The van der Waals surface area contributed by atoms with Crippen molar-refractivity contribution in [3.05, 3.63) is 24.3 Å². The third-order valence-corrected chi connectivity index (χ3v) is 11.4. The summed E-state index contributed by atoms with van der Waals surface area (Å²) in [5, 5.41) is 24.2. The fourth-order valence-electron chi connectivity index (χ4n) is 6.88. The Morgan fingerprint density at radius 2 is 1.02 bits per heavy atom. The first-order valence-electron chi connectivity index (χ1n) is 23.0. The second-order valence-corrected chi connectivity index (χ2v) is 17.3.